The van der Waals surface area contributed by atoms with E-state index in [2.05, 4.69) is 25.7 Å². The molecule has 3 aromatic rings. The number of benzene rings is 1. The summed E-state index contributed by atoms with van der Waals surface area (Å²) < 4.78 is 21.4. The molecule has 10 nitrogen and oxygen atoms in total. The minimum absolute atomic E-state index is 0.0367. The van der Waals surface area contributed by atoms with Gasteiger partial charge in [0.05, 0.1) is 29.1 Å². The molecule has 2 aromatic heterocycles. The molecular formula is C18H18FN7O3. The summed E-state index contributed by atoms with van der Waals surface area (Å²) in [6.07, 6.45) is 5.82. The molecule has 0 radical (unpaired) electrons. The Bertz CT molecular complexity index is 1050. The molecule has 1 fully saturated rings. The van der Waals surface area contributed by atoms with E-state index in [4.69, 9.17) is 4.74 Å². The lowest BCUT2D eigenvalue weighted by Crippen LogP contribution is -2.09. The predicted octanol–water partition coefficient (Wildman–Crippen LogP) is 3.25. The van der Waals surface area contributed by atoms with Gasteiger partial charge in [-0.2, -0.15) is 10.1 Å². The third kappa shape index (κ3) is 4.14. The Morgan fingerprint density at radius 3 is 2.90 bits per heavy atom. The highest BCUT2D eigenvalue weighted by atomic mass is 19.1. The van der Waals surface area contributed by atoms with Crippen LogP contribution in [-0.2, 0) is 11.8 Å². The van der Waals surface area contributed by atoms with E-state index in [1.54, 1.807) is 30.3 Å². The number of halogens is 1. The van der Waals surface area contributed by atoms with Crippen molar-refractivity contribution in [2.75, 3.05) is 23.8 Å². The van der Waals surface area contributed by atoms with Crippen LogP contribution in [0.2, 0.25) is 0 Å². The first kappa shape index (κ1) is 18.7. The van der Waals surface area contributed by atoms with Crippen molar-refractivity contribution in [3.8, 4) is 0 Å². The lowest BCUT2D eigenvalue weighted by Gasteiger charge is -2.16. The Labute approximate surface area is 164 Å². The van der Waals surface area contributed by atoms with Crippen LogP contribution in [0.4, 0.5) is 33.2 Å². The SMILES string of the molecule is Cn1cc(Nc2ncc(C3CCOC3)c(Nc3cc([N+](=O)[O-])ccc3F)n2)cn1. The fraction of sp³-hybridized carbons (Fsp3) is 0.278. The molecule has 1 aliphatic heterocycles. The van der Waals surface area contributed by atoms with Gasteiger partial charge in [-0.15, -0.1) is 0 Å². The largest absolute Gasteiger partial charge is 0.381 e. The van der Waals surface area contributed by atoms with Gasteiger partial charge in [-0.1, -0.05) is 0 Å². The van der Waals surface area contributed by atoms with Crippen molar-refractivity contribution in [2.45, 2.75) is 12.3 Å². The molecule has 11 heteroatoms. The van der Waals surface area contributed by atoms with E-state index >= 15 is 0 Å². The van der Waals surface area contributed by atoms with Crippen molar-refractivity contribution in [1.82, 2.24) is 19.7 Å². The zero-order valence-electron chi connectivity index (χ0n) is 15.5. The first-order valence-electron chi connectivity index (χ1n) is 8.91. The summed E-state index contributed by atoms with van der Waals surface area (Å²) in [5.74, 6) is 0.0756. The highest BCUT2D eigenvalue weighted by Crippen LogP contribution is 2.33. The van der Waals surface area contributed by atoms with Crippen LogP contribution in [0.25, 0.3) is 0 Å². The van der Waals surface area contributed by atoms with Crippen molar-refractivity contribution < 1.29 is 14.1 Å². The number of non-ortho nitro benzene ring substituents is 1. The smallest absolute Gasteiger partial charge is 0.271 e. The number of anilines is 4. The molecule has 0 saturated carbocycles. The molecule has 2 N–H and O–H groups in total. The second-order valence-corrected chi connectivity index (χ2v) is 6.63. The normalized spacial score (nSPS) is 16.0. The highest BCUT2D eigenvalue weighted by Gasteiger charge is 2.23. The van der Waals surface area contributed by atoms with E-state index in [0.717, 1.165) is 30.2 Å². The minimum Gasteiger partial charge on any atom is -0.381 e. The molecule has 0 aliphatic carbocycles. The monoisotopic (exact) mass is 399 g/mol. The molecule has 0 amide bonds. The fourth-order valence-corrected chi connectivity index (χ4v) is 3.10. The van der Waals surface area contributed by atoms with E-state index in [9.17, 15) is 14.5 Å². The maximum Gasteiger partial charge on any atom is 0.271 e. The summed E-state index contributed by atoms with van der Waals surface area (Å²) >= 11 is 0. The van der Waals surface area contributed by atoms with Crippen molar-refractivity contribution in [3.05, 3.63) is 58.3 Å². The number of nitro benzene ring substituents is 1. The molecule has 150 valence electrons. The maximum atomic E-state index is 14.3. The number of nitrogens with zero attached hydrogens (tertiary/aromatic N) is 5. The summed E-state index contributed by atoms with van der Waals surface area (Å²) in [6, 6.07) is 3.30. The van der Waals surface area contributed by atoms with Crippen LogP contribution in [0.3, 0.4) is 0 Å². The Morgan fingerprint density at radius 2 is 2.21 bits per heavy atom. The topological polar surface area (TPSA) is 120 Å². The molecule has 29 heavy (non-hydrogen) atoms. The third-order valence-electron chi connectivity index (χ3n) is 4.56. The molecule has 4 rings (SSSR count). The number of nitro groups is 1. The summed E-state index contributed by atoms with van der Waals surface area (Å²) in [6.45, 7) is 1.12. The van der Waals surface area contributed by atoms with Crippen LogP contribution in [0.5, 0.6) is 0 Å². The number of aryl methyl sites for hydroxylation is 1. The lowest BCUT2D eigenvalue weighted by atomic mass is 10.0. The van der Waals surface area contributed by atoms with Gasteiger partial charge in [0.2, 0.25) is 5.95 Å². The van der Waals surface area contributed by atoms with Gasteiger partial charge in [-0.25, -0.2) is 9.37 Å². The molecule has 0 bridgehead atoms. The Morgan fingerprint density at radius 1 is 1.34 bits per heavy atom. The predicted molar refractivity (Wildman–Crippen MR) is 103 cm³/mol. The van der Waals surface area contributed by atoms with Gasteiger partial charge in [0.25, 0.3) is 5.69 Å². The van der Waals surface area contributed by atoms with Gasteiger partial charge < -0.3 is 15.4 Å². The van der Waals surface area contributed by atoms with Crippen LogP contribution in [0.1, 0.15) is 17.9 Å². The number of rotatable bonds is 6. The average molecular weight is 399 g/mol. The standard InChI is InChI=1S/C18H18FN7O3/c1-25-9-12(7-21-25)22-18-20-8-14(11-4-5-29-10-11)17(24-18)23-16-6-13(26(27)28)2-3-15(16)19/h2-3,6-9,11H,4-5,10H2,1H3,(H2,20,22,23,24). The summed E-state index contributed by atoms with van der Waals surface area (Å²) in [5, 5.41) is 21.1. The minimum atomic E-state index is -0.621. The van der Waals surface area contributed by atoms with Crippen LogP contribution >= 0.6 is 0 Å². The van der Waals surface area contributed by atoms with E-state index in [1.807, 2.05) is 0 Å². The Kier molecular flexibility index (Phi) is 5.04. The van der Waals surface area contributed by atoms with E-state index < -0.39 is 10.7 Å². The quantitative estimate of drug-likeness (QED) is 0.479. The molecule has 1 atom stereocenters. The summed E-state index contributed by atoms with van der Waals surface area (Å²) in [4.78, 5) is 19.3. The third-order valence-corrected chi connectivity index (χ3v) is 4.56. The van der Waals surface area contributed by atoms with Gasteiger partial charge >= 0.3 is 0 Å². The van der Waals surface area contributed by atoms with Gasteiger partial charge in [-0.05, 0) is 12.5 Å². The number of nitrogens with one attached hydrogen (secondary N) is 2. The van der Waals surface area contributed by atoms with E-state index in [1.165, 1.54) is 0 Å². The van der Waals surface area contributed by atoms with Crippen LogP contribution in [0, 0.1) is 15.9 Å². The Balaban J connectivity index is 1.69. The molecule has 1 saturated heterocycles. The van der Waals surface area contributed by atoms with Gasteiger partial charge in [0, 0.05) is 49.7 Å². The fourth-order valence-electron chi connectivity index (χ4n) is 3.10. The van der Waals surface area contributed by atoms with E-state index in [-0.39, 0.29) is 23.2 Å². The zero-order chi connectivity index (χ0) is 20.4. The second-order valence-electron chi connectivity index (χ2n) is 6.63. The van der Waals surface area contributed by atoms with Crippen molar-refractivity contribution in [3.63, 3.8) is 0 Å². The van der Waals surface area contributed by atoms with Crippen molar-refractivity contribution in [2.24, 2.45) is 7.05 Å². The zero-order valence-corrected chi connectivity index (χ0v) is 15.5. The van der Waals surface area contributed by atoms with Crippen LogP contribution in [-0.4, -0.2) is 37.9 Å². The summed E-state index contributed by atoms with van der Waals surface area (Å²) in [7, 11) is 1.79. The van der Waals surface area contributed by atoms with Crippen molar-refractivity contribution in [1.29, 1.82) is 0 Å². The first-order valence-corrected chi connectivity index (χ1v) is 8.91. The molecule has 0 spiro atoms. The van der Waals surface area contributed by atoms with E-state index in [0.29, 0.717) is 24.7 Å². The Hall–Kier alpha value is -3.60. The molecule has 1 aliphatic rings. The molecule has 1 unspecified atom stereocenters. The second kappa shape index (κ2) is 7.80. The first-order chi connectivity index (χ1) is 14.0. The molecule has 3 heterocycles. The van der Waals surface area contributed by atoms with Crippen LogP contribution in [0.15, 0.2) is 36.8 Å². The van der Waals surface area contributed by atoms with Crippen LogP contribution < -0.4 is 10.6 Å². The molecular weight excluding hydrogens is 381 g/mol. The lowest BCUT2D eigenvalue weighted by molar-refractivity contribution is -0.384. The summed E-state index contributed by atoms with van der Waals surface area (Å²) in [5.41, 5.74) is 1.19. The molecule has 1 aromatic carbocycles. The van der Waals surface area contributed by atoms with Crippen molar-refractivity contribution >= 4 is 28.8 Å². The van der Waals surface area contributed by atoms with Gasteiger partial charge in [0.1, 0.15) is 11.6 Å². The number of aromatic nitrogens is 4. The van der Waals surface area contributed by atoms with Gasteiger partial charge in [-0.3, -0.25) is 14.8 Å². The van der Waals surface area contributed by atoms with Gasteiger partial charge in [0.15, 0.2) is 0 Å². The maximum absolute atomic E-state index is 14.3. The number of ether oxygens (including phenoxy) is 1. The highest BCUT2D eigenvalue weighted by molar-refractivity contribution is 5.65. The number of hydrogen-bond donors (Lipinski definition) is 2. The number of hydrogen-bond acceptors (Lipinski definition) is 8. The average Bonchev–Trinajstić information content (AvgIpc) is 3.36.